The summed E-state index contributed by atoms with van der Waals surface area (Å²) in [5.41, 5.74) is 2.10. The second-order valence-electron chi connectivity index (χ2n) is 6.09. The van der Waals surface area contributed by atoms with Crippen LogP contribution < -0.4 is 9.64 Å². The van der Waals surface area contributed by atoms with E-state index in [4.69, 9.17) is 14.2 Å². The van der Waals surface area contributed by atoms with Gasteiger partial charge in [0.15, 0.2) is 0 Å². The monoisotopic (exact) mass is 314 g/mol. The summed E-state index contributed by atoms with van der Waals surface area (Å²) in [7, 11) is 1.69. The number of nitrogens with zero attached hydrogens (tertiary/aromatic N) is 2. The van der Waals surface area contributed by atoms with Crippen molar-refractivity contribution < 1.29 is 14.2 Å². The van der Waals surface area contributed by atoms with Crippen LogP contribution in [0.4, 0.5) is 5.69 Å². The predicted molar refractivity (Wildman–Crippen MR) is 89.2 cm³/mol. The number of ether oxygens (including phenoxy) is 3. The Bertz CT molecular complexity index is 685. The van der Waals surface area contributed by atoms with Gasteiger partial charge in [0.1, 0.15) is 17.4 Å². The number of anilines is 1. The molecular weight excluding hydrogens is 292 g/mol. The van der Waals surface area contributed by atoms with Crippen molar-refractivity contribution in [1.29, 1.82) is 0 Å². The van der Waals surface area contributed by atoms with Crippen LogP contribution in [0.1, 0.15) is 12.8 Å². The Labute approximate surface area is 136 Å². The molecule has 2 atom stereocenters. The maximum atomic E-state index is 5.96. The van der Waals surface area contributed by atoms with Crippen LogP contribution in [0.25, 0.3) is 10.9 Å². The third kappa shape index (κ3) is 2.75. The van der Waals surface area contributed by atoms with E-state index in [1.807, 2.05) is 18.3 Å². The molecule has 3 heterocycles. The van der Waals surface area contributed by atoms with Crippen LogP contribution in [0.5, 0.6) is 5.75 Å². The van der Waals surface area contributed by atoms with Crippen LogP contribution in [-0.2, 0) is 9.47 Å². The molecule has 0 bridgehead atoms. The quantitative estimate of drug-likeness (QED) is 0.871. The molecule has 0 N–H and O–H groups in total. The van der Waals surface area contributed by atoms with Gasteiger partial charge >= 0.3 is 0 Å². The normalized spacial score (nSPS) is 25.0. The van der Waals surface area contributed by atoms with Gasteiger partial charge in [-0.1, -0.05) is 12.1 Å². The number of hydrogen-bond acceptors (Lipinski definition) is 5. The minimum absolute atomic E-state index is 0.153. The van der Waals surface area contributed by atoms with Crippen molar-refractivity contribution in [2.45, 2.75) is 25.0 Å². The molecule has 2 fully saturated rings. The Morgan fingerprint density at radius 1 is 1.17 bits per heavy atom. The van der Waals surface area contributed by atoms with Crippen LogP contribution in [-0.4, -0.2) is 50.6 Å². The van der Waals surface area contributed by atoms with Gasteiger partial charge in [-0.15, -0.1) is 0 Å². The molecule has 4 rings (SSSR count). The summed E-state index contributed by atoms with van der Waals surface area (Å²) in [6.07, 6.45) is 4.49. The number of para-hydroxylation sites is 1. The van der Waals surface area contributed by atoms with Crippen molar-refractivity contribution in [3.8, 4) is 5.75 Å². The zero-order chi connectivity index (χ0) is 15.6. The molecular formula is C18H22N2O3. The SMILES string of the molecule is COc1cccc2c(N3CCO[C@H]([C@@H]4CCCO4)C3)ccnc12. The van der Waals surface area contributed by atoms with E-state index in [1.165, 1.54) is 5.69 Å². The molecule has 122 valence electrons. The van der Waals surface area contributed by atoms with E-state index in [0.29, 0.717) is 0 Å². The van der Waals surface area contributed by atoms with E-state index in [1.54, 1.807) is 7.11 Å². The molecule has 0 aliphatic carbocycles. The largest absolute Gasteiger partial charge is 0.494 e. The molecule has 5 heteroatoms. The fourth-order valence-electron chi connectivity index (χ4n) is 3.59. The van der Waals surface area contributed by atoms with Crippen molar-refractivity contribution in [2.24, 2.45) is 0 Å². The smallest absolute Gasteiger partial charge is 0.145 e. The van der Waals surface area contributed by atoms with E-state index in [2.05, 4.69) is 22.0 Å². The topological polar surface area (TPSA) is 43.8 Å². The molecule has 2 aliphatic heterocycles. The summed E-state index contributed by atoms with van der Waals surface area (Å²) in [6.45, 7) is 3.35. The fraction of sp³-hybridized carbons (Fsp3) is 0.500. The van der Waals surface area contributed by atoms with E-state index >= 15 is 0 Å². The maximum absolute atomic E-state index is 5.96. The lowest BCUT2D eigenvalue weighted by atomic mass is 10.1. The zero-order valence-electron chi connectivity index (χ0n) is 13.4. The first-order chi connectivity index (χ1) is 11.4. The van der Waals surface area contributed by atoms with Gasteiger partial charge in [-0.05, 0) is 25.0 Å². The third-order valence-electron chi connectivity index (χ3n) is 4.74. The minimum Gasteiger partial charge on any atom is -0.494 e. The van der Waals surface area contributed by atoms with E-state index in [9.17, 15) is 0 Å². The Balaban J connectivity index is 1.65. The van der Waals surface area contributed by atoms with Crippen LogP contribution in [0.3, 0.4) is 0 Å². The van der Waals surface area contributed by atoms with Crippen molar-refractivity contribution in [3.05, 3.63) is 30.5 Å². The number of fused-ring (bicyclic) bond motifs is 1. The Morgan fingerprint density at radius 2 is 2.09 bits per heavy atom. The molecule has 0 radical (unpaired) electrons. The Morgan fingerprint density at radius 3 is 2.91 bits per heavy atom. The molecule has 23 heavy (non-hydrogen) atoms. The Kier molecular flexibility index (Phi) is 4.06. The predicted octanol–water partition coefficient (Wildman–Crippen LogP) is 2.63. The lowest BCUT2D eigenvalue weighted by molar-refractivity contribution is -0.0542. The van der Waals surface area contributed by atoms with Gasteiger partial charge < -0.3 is 19.1 Å². The summed E-state index contributed by atoms with van der Waals surface area (Å²) in [4.78, 5) is 6.88. The second kappa shape index (κ2) is 6.34. The minimum atomic E-state index is 0.153. The summed E-state index contributed by atoms with van der Waals surface area (Å²) < 4.78 is 17.2. The number of rotatable bonds is 3. The summed E-state index contributed by atoms with van der Waals surface area (Å²) >= 11 is 0. The summed E-state index contributed by atoms with van der Waals surface area (Å²) in [5.74, 6) is 0.813. The summed E-state index contributed by atoms with van der Waals surface area (Å²) in [5, 5.41) is 1.12. The molecule has 5 nitrogen and oxygen atoms in total. The van der Waals surface area contributed by atoms with Gasteiger partial charge in [-0.25, -0.2) is 0 Å². The number of methoxy groups -OCH3 is 1. The maximum Gasteiger partial charge on any atom is 0.145 e. The van der Waals surface area contributed by atoms with Gasteiger partial charge in [-0.3, -0.25) is 4.98 Å². The van der Waals surface area contributed by atoms with Gasteiger partial charge in [-0.2, -0.15) is 0 Å². The first-order valence-corrected chi connectivity index (χ1v) is 8.26. The number of pyridine rings is 1. The molecule has 2 saturated heterocycles. The first-order valence-electron chi connectivity index (χ1n) is 8.26. The average Bonchev–Trinajstić information content (AvgIpc) is 3.15. The van der Waals surface area contributed by atoms with Crippen molar-refractivity contribution in [3.63, 3.8) is 0 Å². The number of benzene rings is 1. The molecule has 1 aromatic carbocycles. The van der Waals surface area contributed by atoms with Crippen molar-refractivity contribution in [1.82, 2.24) is 4.98 Å². The second-order valence-corrected chi connectivity index (χ2v) is 6.09. The highest BCUT2D eigenvalue weighted by Crippen LogP contribution is 2.32. The fourth-order valence-corrected chi connectivity index (χ4v) is 3.59. The van der Waals surface area contributed by atoms with Crippen molar-refractivity contribution in [2.75, 3.05) is 38.3 Å². The van der Waals surface area contributed by atoms with Gasteiger partial charge in [0.2, 0.25) is 0 Å². The molecule has 0 saturated carbocycles. The molecule has 0 amide bonds. The molecule has 0 unspecified atom stereocenters. The van der Waals surface area contributed by atoms with E-state index in [-0.39, 0.29) is 12.2 Å². The van der Waals surface area contributed by atoms with Crippen molar-refractivity contribution >= 4 is 16.6 Å². The lowest BCUT2D eigenvalue weighted by Gasteiger charge is -2.37. The highest BCUT2D eigenvalue weighted by atomic mass is 16.5. The highest BCUT2D eigenvalue weighted by molar-refractivity contribution is 5.95. The standard InChI is InChI=1S/C18H22N2O3/c1-21-16-5-2-4-13-14(7-8-19-18(13)16)20-9-11-23-17(12-20)15-6-3-10-22-15/h2,4-5,7-8,15,17H,3,6,9-12H2,1H3/t15-,17-/m0/s1. The van der Waals surface area contributed by atoms with E-state index < -0.39 is 0 Å². The Hall–Kier alpha value is -1.85. The molecule has 1 aromatic heterocycles. The average molecular weight is 314 g/mol. The molecule has 0 spiro atoms. The highest BCUT2D eigenvalue weighted by Gasteiger charge is 2.31. The van der Waals surface area contributed by atoms with E-state index in [0.717, 1.165) is 55.8 Å². The third-order valence-corrected chi connectivity index (χ3v) is 4.74. The van der Waals surface area contributed by atoms with Crippen LogP contribution in [0.15, 0.2) is 30.5 Å². The number of morpholine rings is 1. The van der Waals surface area contributed by atoms with Gasteiger partial charge in [0.25, 0.3) is 0 Å². The molecule has 2 aliphatic rings. The first kappa shape index (κ1) is 14.7. The van der Waals surface area contributed by atoms with Gasteiger partial charge in [0, 0.05) is 37.0 Å². The lowest BCUT2D eigenvalue weighted by Crippen LogP contribution is -2.47. The number of hydrogen-bond donors (Lipinski definition) is 0. The van der Waals surface area contributed by atoms with Gasteiger partial charge in [0.05, 0.1) is 19.8 Å². The summed E-state index contributed by atoms with van der Waals surface area (Å²) in [6, 6.07) is 8.16. The zero-order valence-corrected chi connectivity index (χ0v) is 13.4. The van der Waals surface area contributed by atoms with Crippen LogP contribution in [0, 0.1) is 0 Å². The van der Waals surface area contributed by atoms with Crippen LogP contribution >= 0.6 is 0 Å². The molecule has 2 aromatic rings. The van der Waals surface area contributed by atoms with Crippen LogP contribution in [0.2, 0.25) is 0 Å². The number of aromatic nitrogens is 1.